The van der Waals surface area contributed by atoms with E-state index in [0.717, 1.165) is 11.3 Å². The predicted octanol–water partition coefficient (Wildman–Crippen LogP) is 1.82. The highest BCUT2D eigenvalue weighted by Gasteiger charge is 2.59. The van der Waals surface area contributed by atoms with Gasteiger partial charge < -0.3 is 4.90 Å². The third-order valence-corrected chi connectivity index (χ3v) is 6.46. The Labute approximate surface area is 144 Å². The Balaban J connectivity index is 1.43. The Hall–Kier alpha value is -1.95. The monoisotopic (exact) mass is 344 g/mol. The predicted molar refractivity (Wildman–Crippen MR) is 90.0 cm³/mol. The van der Waals surface area contributed by atoms with Crippen LogP contribution < -0.4 is 0 Å². The number of aryl methyl sites for hydroxylation is 1. The zero-order valence-electron chi connectivity index (χ0n) is 13.8. The second-order valence-electron chi connectivity index (χ2n) is 7.02. The molecule has 0 spiro atoms. The summed E-state index contributed by atoms with van der Waals surface area (Å²) < 4.78 is 0. The number of fused-ring (bicyclic) bond motifs is 5. The van der Waals surface area contributed by atoms with Crippen molar-refractivity contribution in [3.8, 4) is 0 Å². The Kier molecular flexibility index (Phi) is 3.60. The smallest absolute Gasteiger partial charge is 0.242 e. The zero-order chi connectivity index (χ0) is 17.0. The van der Waals surface area contributed by atoms with Gasteiger partial charge in [0.2, 0.25) is 17.7 Å². The zero-order valence-corrected chi connectivity index (χ0v) is 14.6. The highest BCUT2D eigenvalue weighted by Crippen LogP contribution is 2.52. The number of allylic oxidation sites excluding steroid dienone is 2. The Morgan fingerprint density at radius 2 is 1.83 bits per heavy atom. The van der Waals surface area contributed by atoms with E-state index in [-0.39, 0.29) is 47.9 Å². The molecule has 6 heteroatoms. The Morgan fingerprint density at radius 1 is 1.21 bits per heavy atom. The van der Waals surface area contributed by atoms with Crippen LogP contribution in [-0.2, 0) is 20.9 Å². The van der Waals surface area contributed by atoms with Gasteiger partial charge in [-0.2, -0.15) is 0 Å². The van der Waals surface area contributed by atoms with Gasteiger partial charge in [-0.05, 0) is 37.3 Å². The van der Waals surface area contributed by atoms with Gasteiger partial charge in [-0.25, -0.2) is 0 Å². The summed E-state index contributed by atoms with van der Waals surface area (Å²) in [6, 6.07) is 4.03. The number of amides is 3. The van der Waals surface area contributed by atoms with E-state index >= 15 is 0 Å². The van der Waals surface area contributed by atoms with Gasteiger partial charge >= 0.3 is 0 Å². The van der Waals surface area contributed by atoms with Crippen LogP contribution in [0.1, 0.15) is 16.2 Å². The van der Waals surface area contributed by atoms with Crippen LogP contribution in [-0.4, -0.2) is 41.1 Å². The molecular weight excluding hydrogens is 324 g/mol. The molecule has 1 aliphatic heterocycles. The van der Waals surface area contributed by atoms with E-state index < -0.39 is 0 Å². The fourth-order valence-corrected chi connectivity index (χ4v) is 5.21. The molecule has 1 aromatic rings. The molecule has 3 aliphatic rings. The van der Waals surface area contributed by atoms with E-state index in [1.807, 2.05) is 19.1 Å². The molecule has 0 aromatic carbocycles. The molecule has 3 amide bonds. The van der Waals surface area contributed by atoms with Gasteiger partial charge in [-0.15, -0.1) is 11.3 Å². The highest BCUT2D eigenvalue weighted by atomic mass is 32.1. The summed E-state index contributed by atoms with van der Waals surface area (Å²) in [4.78, 5) is 42.8. The van der Waals surface area contributed by atoms with E-state index in [2.05, 4.69) is 12.2 Å². The molecule has 0 radical (unpaired) electrons. The number of nitrogens with zero attached hydrogens (tertiary/aromatic N) is 2. The van der Waals surface area contributed by atoms with E-state index in [0.29, 0.717) is 6.54 Å². The molecule has 24 heavy (non-hydrogen) atoms. The van der Waals surface area contributed by atoms with Crippen molar-refractivity contribution in [2.24, 2.45) is 23.7 Å². The quantitative estimate of drug-likeness (QED) is 0.618. The van der Waals surface area contributed by atoms with Gasteiger partial charge in [0.05, 0.1) is 18.4 Å². The minimum Gasteiger partial charge on any atom is -0.339 e. The first-order chi connectivity index (χ1) is 11.5. The second-order valence-corrected chi connectivity index (χ2v) is 8.40. The molecule has 0 N–H and O–H groups in total. The Bertz CT molecular complexity index is 723. The summed E-state index contributed by atoms with van der Waals surface area (Å²) in [5.74, 6) is -0.600. The third kappa shape index (κ3) is 2.32. The lowest BCUT2D eigenvalue weighted by Gasteiger charge is -2.21. The number of hydrogen-bond donors (Lipinski definition) is 0. The number of thiophene rings is 1. The summed E-state index contributed by atoms with van der Waals surface area (Å²) in [5, 5.41) is 0. The van der Waals surface area contributed by atoms with Crippen LogP contribution in [0.5, 0.6) is 0 Å². The van der Waals surface area contributed by atoms with E-state index in [9.17, 15) is 14.4 Å². The molecule has 2 bridgehead atoms. The van der Waals surface area contributed by atoms with Crippen molar-refractivity contribution in [1.29, 1.82) is 0 Å². The largest absolute Gasteiger partial charge is 0.339 e. The van der Waals surface area contributed by atoms with Crippen molar-refractivity contribution in [3.63, 3.8) is 0 Å². The lowest BCUT2D eigenvalue weighted by molar-refractivity contribution is -0.146. The van der Waals surface area contributed by atoms with Crippen LogP contribution in [0, 0.1) is 30.6 Å². The molecular formula is C18H20N2O3S. The lowest BCUT2D eigenvalue weighted by Crippen LogP contribution is -2.42. The molecule has 4 unspecified atom stereocenters. The summed E-state index contributed by atoms with van der Waals surface area (Å²) >= 11 is 1.65. The SMILES string of the molecule is Cc1ccc(CN(C)C(=O)CN2C(=O)C3C4C=CC(C4)C3C2=O)s1. The van der Waals surface area contributed by atoms with E-state index in [1.165, 1.54) is 9.78 Å². The fourth-order valence-electron chi connectivity index (χ4n) is 4.27. The number of imide groups is 1. The molecule has 1 saturated heterocycles. The maximum atomic E-state index is 12.6. The molecule has 1 saturated carbocycles. The van der Waals surface area contributed by atoms with Crippen molar-refractivity contribution >= 4 is 29.1 Å². The number of hydrogen-bond acceptors (Lipinski definition) is 4. The summed E-state index contributed by atoms with van der Waals surface area (Å²) in [6.45, 7) is 2.40. The van der Waals surface area contributed by atoms with Gasteiger partial charge in [-0.3, -0.25) is 19.3 Å². The average molecular weight is 344 g/mol. The molecule has 2 heterocycles. The normalized spacial score (nSPS) is 30.3. The maximum absolute atomic E-state index is 12.6. The molecule has 2 aliphatic carbocycles. The van der Waals surface area contributed by atoms with Gasteiger partial charge in [0.1, 0.15) is 6.54 Å². The van der Waals surface area contributed by atoms with Gasteiger partial charge in [0, 0.05) is 16.8 Å². The number of likely N-dealkylation sites (tertiary alicyclic amines) is 1. The van der Waals surface area contributed by atoms with Crippen LogP contribution in [0.25, 0.3) is 0 Å². The first-order valence-electron chi connectivity index (χ1n) is 8.28. The van der Waals surface area contributed by atoms with Crippen LogP contribution in [0.15, 0.2) is 24.3 Å². The van der Waals surface area contributed by atoms with Gasteiger partial charge in [0.25, 0.3) is 0 Å². The molecule has 4 rings (SSSR count). The standard InChI is InChI=1S/C18H20N2O3S/c1-10-3-6-13(24-10)8-19(2)14(21)9-20-17(22)15-11-4-5-12(7-11)16(15)18(20)23/h3-6,11-12,15-16H,7-9H2,1-2H3. The average Bonchev–Trinajstić information content (AvgIpc) is 3.29. The number of likely N-dealkylation sites (N-methyl/N-ethyl adjacent to an activating group) is 1. The molecule has 5 nitrogen and oxygen atoms in total. The van der Waals surface area contributed by atoms with Crippen molar-refractivity contribution in [3.05, 3.63) is 34.0 Å². The van der Waals surface area contributed by atoms with Crippen LogP contribution in [0.2, 0.25) is 0 Å². The minimum atomic E-state index is -0.231. The summed E-state index contributed by atoms with van der Waals surface area (Å²) in [7, 11) is 1.72. The van der Waals surface area contributed by atoms with E-state index in [4.69, 9.17) is 0 Å². The molecule has 126 valence electrons. The van der Waals surface area contributed by atoms with E-state index in [1.54, 1.807) is 23.3 Å². The highest BCUT2D eigenvalue weighted by molar-refractivity contribution is 7.11. The van der Waals surface area contributed by atoms with Gasteiger partial charge in [0.15, 0.2) is 0 Å². The first kappa shape index (κ1) is 15.6. The number of rotatable bonds is 4. The number of carbonyl (C=O) groups is 3. The van der Waals surface area contributed by atoms with Crippen molar-refractivity contribution in [1.82, 2.24) is 9.80 Å². The minimum absolute atomic E-state index is 0.134. The fraction of sp³-hybridized carbons (Fsp3) is 0.500. The van der Waals surface area contributed by atoms with Crippen molar-refractivity contribution < 1.29 is 14.4 Å². The van der Waals surface area contributed by atoms with Crippen molar-refractivity contribution in [2.75, 3.05) is 13.6 Å². The Morgan fingerprint density at radius 3 is 2.38 bits per heavy atom. The van der Waals surface area contributed by atoms with Crippen LogP contribution in [0.3, 0.4) is 0 Å². The lowest BCUT2D eigenvalue weighted by atomic mass is 9.85. The third-order valence-electron chi connectivity index (χ3n) is 5.47. The number of carbonyl (C=O) groups excluding carboxylic acids is 3. The summed E-state index contributed by atoms with van der Waals surface area (Å²) in [5.41, 5.74) is 0. The van der Waals surface area contributed by atoms with Gasteiger partial charge in [-0.1, -0.05) is 12.2 Å². The molecule has 1 aromatic heterocycles. The second kappa shape index (κ2) is 5.55. The van der Waals surface area contributed by atoms with Crippen LogP contribution >= 0.6 is 11.3 Å². The molecule has 4 atom stereocenters. The summed E-state index contributed by atoms with van der Waals surface area (Å²) in [6.07, 6.45) is 5.04. The van der Waals surface area contributed by atoms with Crippen LogP contribution in [0.4, 0.5) is 0 Å². The first-order valence-corrected chi connectivity index (χ1v) is 9.10. The molecule has 2 fully saturated rings. The maximum Gasteiger partial charge on any atom is 0.242 e. The topological polar surface area (TPSA) is 57.7 Å². The van der Waals surface area contributed by atoms with Crippen molar-refractivity contribution in [2.45, 2.75) is 19.9 Å².